The van der Waals surface area contributed by atoms with Crippen LogP contribution in [-0.2, 0) is 0 Å². The second-order valence-electron chi connectivity index (χ2n) is 8.77. The van der Waals surface area contributed by atoms with Gasteiger partial charge < -0.3 is 25.6 Å². The van der Waals surface area contributed by atoms with E-state index in [9.17, 15) is 9.59 Å². The molecule has 4 N–H and O–H groups in total. The Morgan fingerprint density at radius 3 is 1.80 bits per heavy atom. The Balaban J connectivity index is 0.000000252. The van der Waals surface area contributed by atoms with Gasteiger partial charge in [0.25, 0.3) is 5.91 Å². The zero-order valence-corrected chi connectivity index (χ0v) is 28.6. The van der Waals surface area contributed by atoms with Crippen molar-refractivity contribution in [2.45, 2.75) is 0 Å². The summed E-state index contributed by atoms with van der Waals surface area (Å²) in [7, 11) is 6.99. The molecule has 45 heavy (non-hydrogen) atoms. The van der Waals surface area contributed by atoms with Crippen molar-refractivity contribution in [3.63, 3.8) is 0 Å². The number of hydrogen-bond acceptors (Lipinski definition) is 9. The van der Waals surface area contributed by atoms with Crippen molar-refractivity contribution < 1.29 is 55.3 Å². The zero-order valence-electron chi connectivity index (χ0n) is 25.4. The maximum Gasteiger partial charge on any atom is 0.356 e. The number of carbonyl (C=O) groups is 2. The van der Waals surface area contributed by atoms with E-state index in [1.54, 1.807) is 20.3 Å². The summed E-state index contributed by atoms with van der Waals surface area (Å²) in [5.74, 6) is 0.129. The topological polar surface area (TPSA) is 162 Å². The van der Waals surface area contributed by atoms with Gasteiger partial charge in [0.05, 0.1) is 32.3 Å². The van der Waals surface area contributed by atoms with Crippen molar-refractivity contribution >= 4 is 53.2 Å². The smallest absolute Gasteiger partial charge is 0.356 e. The summed E-state index contributed by atoms with van der Waals surface area (Å²) in [6.07, 6.45) is 8.40. The van der Waals surface area contributed by atoms with E-state index in [-0.39, 0.29) is 48.4 Å². The van der Waals surface area contributed by atoms with Crippen LogP contribution < -0.4 is 20.5 Å². The first-order chi connectivity index (χ1) is 21.9. The van der Waals surface area contributed by atoms with E-state index in [1.807, 2.05) is 66.7 Å². The molecule has 0 unspecified atom stereocenters. The Morgan fingerprint density at radius 1 is 0.778 bits per heavy atom. The number of rotatable bonds is 5. The molecule has 0 saturated heterocycles. The van der Waals surface area contributed by atoms with Crippen molar-refractivity contribution in [1.29, 1.82) is 1.34 Å². The number of aromatic carboxylic acids is 1. The number of methoxy groups -OCH3 is 2. The summed E-state index contributed by atoms with van der Waals surface area (Å²) in [6, 6.07) is 23.3. The number of nitrogens with one attached hydrogen (secondary N) is 1. The van der Waals surface area contributed by atoms with Crippen LogP contribution in [0, 0.1) is 31.1 Å². The molecule has 11 nitrogen and oxygen atoms in total. The van der Waals surface area contributed by atoms with Crippen molar-refractivity contribution in [1.82, 2.24) is 19.9 Å². The third-order valence-corrected chi connectivity index (χ3v) is 6.00. The minimum atomic E-state index is -1.05. The number of amides is 1. The van der Waals surface area contributed by atoms with E-state index in [0.29, 0.717) is 11.4 Å². The number of hydrogen-bond donors (Lipinski definition) is 3. The van der Waals surface area contributed by atoms with Gasteiger partial charge in [0.2, 0.25) is 0 Å². The maximum atomic E-state index is 12.2. The number of carboxylic acid groups (broad SMARTS) is 1. The van der Waals surface area contributed by atoms with Crippen LogP contribution in [0.2, 0.25) is 0 Å². The summed E-state index contributed by atoms with van der Waals surface area (Å²) < 4.78 is 15.6. The summed E-state index contributed by atoms with van der Waals surface area (Å²) in [6.45, 7) is 0. The van der Waals surface area contributed by atoms with Crippen LogP contribution in [0.4, 0.5) is 11.4 Å². The molecule has 0 spiro atoms. The van der Waals surface area contributed by atoms with Crippen molar-refractivity contribution in [2.75, 3.05) is 25.3 Å². The van der Waals surface area contributed by atoms with Gasteiger partial charge >= 0.3 is 5.97 Å². The summed E-state index contributed by atoms with van der Waals surface area (Å²) in [5, 5.41) is 15.3. The fourth-order valence-corrected chi connectivity index (χ4v) is 3.95. The number of fused-ring (bicyclic) bond motifs is 2. The first kappa shape index (κ1) is 34.5. The molecule has 2 aromatic heterocycles. The van der Waals surface area contributed by atoms with Gasteiger partial charge in [-0.1, -0.05) is 48.5 Å². The largest absolute Gasteiger partial charge is 0.497 e. The number of anilines is 2. The van der Waals surface area contributed by atoms with Crippen LogP contribution in [0.25, 0.3) is 21.5 Å². The molecule has 0 aliphatic carbocycles. The number of aromatic nitrogens is 4. The van der Waals surface area contributed by atoms with E-state index >= 15 is 0 Å². The average molecular weight is 828 g/mol. The van der Waals surface area contributed by atoms with E-state index in [0.717, 1.165) is 33.0 Å². The quantitative estimate of drug-likeness (QED) is 0.162. The van der Waals surface area contributed by atoms with Crippen LogP contribution in [0.3, 0.4) is 0 Å². The third-order valence-electron chi connectivity index (χ3n) is 6.00. The molecule has 0 aliphatic heterocycles. The zero-order chi connectivity index (χ0) is 32.6. The van der Waals surface area contributed by atoms with E-state index in [1.165, 1.54) is 37.2 Å². The van der Waals surface area contributed by atoms with Crippen LogP contribution in [0.1, 0.15) is 21.0 Å². The normalized spacial score (nSPS) is 9.69. The van der Waals surface area contributed by atoms with Gasteiger partial charge in [-0.25, -0.2) is 14.8 Å². The summed E-state index contributed by atoms with van der Waals surface area (Å²) in [5.41, 5.74) is 7.53. The molecule has 2 radical (unpaired) electrons. The molecule has 6 rings (SSSR count). The van der Waals surface area contributed by atoms with Crippen LogP contribution in [0.5, 0.6) is 11.5 Å². The van der Waals surface area contributed by atoms with E-state index in [4.69, 9.17) is 21.6 Å². The molecule has 0 fully saturated rings. The molecule has 224 valence electrons. The molecule has 2 heterocycles. The summed E-state index contributed by atoms with van der Waals surface area (Å²) >= 11 is 0. The molecule has 0 atom stereocenters. The van der Waals surface area contributed by atoms with Gasteiger partial charge in [0.15, 0.2) is 5.69 Å². The van der Waals surface area contributed by atoms with Gasteiger partial charge in [-0.05, 0) is 24.2 Å². The fourth-order valence-electron chi connectivity index (χ4n) is 3.95. The standard InChI is InChI=1S/C16H13N3O2.C11H11NO.C5H4N2O2.BH.U/c1-21-12-8-11-4-2-3-5-13(11)14(9-12)19-16(20)15-10-17-6-7-18-15;1-13-9-6-8-4-2-3-5-10(8)11(12)7-9;8-5(9)4-3-6-1-2-7-4;;/h2-10H,1H3,(H,19,20);2-7H,12H2,1H3;1-3H,(H,8,9);1H;/i;;;1T;. The van der Waals surface area contributed by atoms with Crippen molar-refractivity contribution in [3.05, 3.63) is 121 Å². The van der Waals surface area contributed by atoms with Crippen LogP contribution in [0.15, 0.2) is 110 Å². The summed E-state index contributed by atoms with van der Waals surface area (Å²) in [4.78, 5) is 37.3. The van der Waals surface area contributed by atoms with E-state index in [2.05, 4.69) is 33.6 Å². The predicted octanol–water partition coefficient (Wildman–Crippen LogP) is 4.85. The third kappa shape index (κ3) is 10.0. The van der Waals surface area contributed by atoms with Gasteiger partial charge in [0, 0.05) is 92.9 Å². The molecule has 6 aromatic rings. The molecule has 0 saturated carbocycles. The van der Waals surface area contributed by atoms with Crippen LogP contribution in [-0.4, -0.2) is 60.9 Å². The fraction of sp³-hybridized carbons (Fsp3) is 0.0625. The number of nitrogens with zero attached hydrogens (tertiary/aromatic N) is 4. The van der Waals surface area contributed by atoms with Crippen molar-refractivity contribution in [3.8, 4) is 11.5 Å². The second kappa shape index (κ2) is 18.0. The predicted molar refractivity (Wildman–Crippen MR) is 172 cm³/mol. The monoisotopic (exact) mass is 828 g/mol. The second-order valence-corrected chi connectivity index (χ2v) is 8.77. The SMILES string of the molecule is COc1cc(N)c2ccccc2c1.COc1cc(NC(=O)c2cnccn2)c2ccccc2c1.O=C(O)c1cnccn1.[3H][B].[U]. The number of nitrogen functional groups attached to an aromatic ring is 1. The maximum absolute atomic E-state index is 12.2. The van der Waals surface area contributed by atoms with E-state index < -0.39 is 5.97 Å². The Kier molecular flexibility index (Phi) is 13.8. The Hall–Kier alpha value is -4.98. The number of carbonyl (C=O) groups excluding carboxylic acids is 1. The van der Waals surface area contributed by atoms with Crippen LogP contribution >= 0.6 is 0 Å². The Morgan fingerprint density at radius 2 is 1.29 bits per heavy atom. The van der Waals surface area contributed by atoms with Crippen molar-refractivity contribution in [2.24, 2.45) is 0 Å². The minimum Gasteiger partial charge on any atom is -0.497 e. The number of carboxylic acids is 1. The first-order valence-corrected chi connectivity index (χ1v) is 12.8. The molecular formula is C32H29BN6O5U. The molecule has 13 heteroatoms. The number of nitrogens with two attached hydrogens (primary N) is 1. The van der Waals surface area contributed by atoms with Gasteiger partial charge in [-0.3, -0.25) is 14.8 Å². The number of ether oxygens (including phenoxy) is 2. The molecule has 0 aliphatic rings. The van der Waals surface area contributed by atoms with Gasteiger partial charge in [0.1, 0.15) is 17.2 Å². The Bertz CT molecular complexity index is 1860. The van der Waals surface area contributed by atoms with Gasteiger partial charge in [-0.15, -0.1) is 0 Å². The Labute approximate surface area is 286 Å². The first-order valence-electron chi connectivity index (χ1n) is 13.4. The minimum absolute atomic E-state index is 0. The average Bonchev–Trinajstić information content (AvgIpc) is 3.10. The van der Waals surface area contributed by atoms with Gasteiger partial charge in [-0.2, -0.15) is 0 Å². The molecule has 4 aromatic carbocycles. The molecule has 1 amide bonds. The molecular weight excluding hydrogens is 797 g/mol. The molecule has 0 bridgehead atoms. The number of benzene rings is 4.